The maximum Gasteiger partial charge on any atom is 0.104 e. The zero-order valence-electron chi connectivity index (χ0n) is 11.7. The van der Waals surface area contributed by atoms with Crippen LogP contribution in [0.5, 0.6) is 0 Å². The number of hydrogen-bond acceptors (Lipinski definition) is 2. The van der Waals surface area contributed by atoms with Gasteiger partial charge in [-0.1, -0.05) is 42.2 Å². The smallest absolute Gasteiger partial charge is 0.104 e. The molecule has 0 unspecified atom stereocenters. The lowest BCUT2D eigenvalue weighted by molar-refractivity contribution is 0.350. The first kappa shape index (κ1) is 14.2. The minimum Gasteiger partial charge on any atom is -0.384 e. The summed E-state index contributed by atoms with van der Waals surface area (Å²) >= 11 is 0. The Morgan fingerprint density at radius 2 is 1.70 bits per heavy atom. The molecule has 0 aliphatic rings. The molecule has 2 aromatic carbocycles. The Labute approximate surface area is 120 Å². The van der Waals surface area contributed by atoms with Crippen molar-refractivity contribution < 1.29 is 5.11 Å². The second kappa shape index (κ2) is 7.37. The summed E-state index contributed by atoms with van der Waals surface area (Å²) in [5.41, 5.74) is 3.43. The molecule has 0 spiro atoms. The average molecular weight is 265 g/mol. The van der Waals surface area contributed by atoms with E-state index in [1.165, 1.54) is 11.3 Å². The Kier molecular flexibility index (Phi) is 5.23. The number of benzene rings is 2. The van der Waals surface area contributed by atoms with E-state index in [1.807, 2.05) is 18.2 Å². The summed E-state index contributed by atoms with van der Waals surface area (Å²) in [4.78, 5) is 2.33. The average Bonchev–Trinajstić information content (AvgIpc) is 2.52. The quantitative estimate of drug-likeness (QED) is 0.859. The van der Waals surface area contributed by atoms with Crippen LogP contribution in [0.15, 0.2) is 54.6 Å². The first-order valence-electron chi connectivity index (χ1n) is 6.82. The summed E-state index contributed by atoms with van der Waals surface area (Å²) in [6.45, 7) is 3.91. The maximum atomic E-state index is 8.68. The highest BCUT2D eigenvalue weighted by atomic mass is 16.2. The highest BCUT2D eigenvalue weighted by molar-refractivity contribution is 5.47. The molecule has 0 heterocycles. The van der Waals surface area contributed by atoms with E-state index in [1.54, 1.807) is 0 Å². The van der Waals surface area contributed by atoms with Gasteiger partial charge in [-0.2, -0.15) is 0 Å². The van der Waals surface area contributed by atoms with Crippen LogP contribution in [0.3, 0.4) is 0 Å². The molecular weight excluding hydrogens is 246 g/mol. The molecule has 0 saturated heterocycles. The molecule has 0 aliphatic carbocycles. The number of nitrogens with zero attached hydrogens (tertiary/aromatic N) is 1. The molecule has 0 fully saturated rings. The van der Waals surface area contributed by atoms with E-state index in [4.69, 9.17) is 5.11 Å². The summed E-state index contributed by atoms with van der Waals surface area (Å²) in [5, 5.41) is 8.68. The maximum absolute atomic E-state index is 8.68. The molecule has 2 aromatic rings. The molecule has 2 rings (SSSR count). The highest BCUT2D eigenvalue weighted by Gasteiger charge is 2.04. The van der Waals surface area contributed by atoms with Crippen molar-refractivity contribution in [1.29, 1.82) is 0 Å². The zero-order valence-corrected chi connectivity index (χ0v) is 11.7. The lowest BCUT2D eigenvalue weighted by Crippen LogP contribution is -2.21. The molecule has 20 heavy (non-hydrogen) atoms. The van der Waals surface area contributed by atoms with Crippen LogP contribution in [0, 0.1) is 11.8 Å². The van der Waals surface area contributed by atoms with Gasteiger partial charge in [0, 0.05) is 24.3 Å². The van der Waals surface area contributed by atoms with Crippen molar-refractivity contribution in [2.24, 2.45) is 0 Å². The van der Waals surface area contributed by atoms with Gasteiger partial charge in [0.05, 0.1) is 0 Å². The fourth-order valence-corrected chi connectivity index (χ4v) is 2.08. The summed E-state index contributed by atoms with van der Waals surface area (Å²) in [7, 11) is 0. The summed E-state index contributed by atoms with van der Waals surface area (Å²) in [6, 6.07) is 18.6. The summed E-state index contributed by atoms with van der Waals surface area (Å²) < 4.78 is 0. The second-order valence-corrected chi connectivity index (χ2v) is 4.51. The lowest BCUT2D eigenvalue weighted by atomic mass is 10.1. The third kappa shape index (κ3) is 3.88. The third-order valence-corrected chi connectivity index (χ3v) is 3.14. The summed E-state index contributed by atoms with van der Waals surface area (Å²) in [5.74, 6) is 5.56. The number of rotatable bonds is 4. The van der Waals surface area contributed by atoms with Crippen molar-refractivity contribution in [3.8, 4) is 11.8 Å². The van der Waals surface area contributed by atoms with Crippen molar-refractivity contribution in [3.63, 3.8) is 0 Å². The largest absolute Gasteiger partial charge is 0.384 e. The number of para-hydroxylation sites is 1. The van der Waals surface area contributed by atoms with Crippen molar-refractivity contribution in [1.82, 2.24) is 0 Å². The zero-order chi connectivity index (χ0) is 14.2. The number of aliphatic hydroxyl groups is 1. The van der Waals surface area contributed by atoms with Gasteiger partial charge in [0.2, 0.25) is 0 Å². The Morgan fingerprint density at radius 1 is 1.00 bits per heavy atom. The Balaban J connectivity index is 2.08. The van der Waals surface area contributed by atoms with Crippen LogP contribution in [0.2, 0.25) is 0 Å². The highest BCUT2D eigenvalue weighted by Crippen LogP contribution is 2.16. The standard InChI is InChI=1S/C18H19NO/c1-2-19(18-8-4-3-5-9-18)15-17-12-10-16(11-13-17)7-6-14-20/h3-5,8-13,20H,2,14-15H2,1H3. The van der Waals surface area contributed by atoms with Gasteiger partial charge < -0.3 is 10.0 Å². The van der Waals surface area contributed by atoms with Crippen LogP contribution in [-0.2, 0) is 6.54 Å². The molecule has 0 amide bonds. The van der Waals surface area contributed by atoms with Gasteiger partial charge in [0.1, 0.15) is 6.61 Å². The molecule has 1 N–H and O–H groups in total. The van der Waals surface area contributed by atoms with Gasteiger partial charge in [0.25, 0.3) is 0 Å². The minimum atomic E-state index is -0.0978. The first-order valence-corrected chi connectivity index (χ1v) is 6.82. The van der Waals surface area contributed by atoms with Crippen LogP contribution < -0.4 is 4.90 Å². The molecule has 0 aromatic heterocycles. The molecule has 2 heteroatoms. The van der Waals surface area contributed by atoms with E-state index in [2.05, 4.69) is 60.1 Å². The third-order valence-electron chi connectivity index (χ3n) is 3.14. The van der Waals surface area contributed by atoms with Crippen molar-refractivity contribution in [2.45, 2.75) is 13.5 Å². The molecule has 0 saturated carbocycles. The molecule has 2 nitrogen and oxygen atoms in total. The molecular formula is C18H19NO. The van der Waals surface area contributed by atoms with Gasteiger partial charge in [-0.3, -0.25) is 0 Å². The molecule has 0 bridgehead atoms. The SMILES string of the molecule is CCN(Cc1ccc(C#CCO)cc1)c1ccccc1. The lowest BCUT2D eigenvalue weighted by Gasteiger charge is -2.23. The van der Waals surface area contributed by atoms with E-state index in [0.29, 0.717) is 0 Å². The molecule has 0 radical (unpaired) electrons. The van der Waals surface area contributed by atoms with E-state index in [-0.39, 0.29) is 6.61 Å². The van der Waals surface area contributed by atoms with Crippen LogP contribution in [0.25, 0.3) is 0 Å². The van der Waals surface area contributed by atoms with Crippen LogP contribution in [0.1, 0.15) is 18.1 Å². The normalized spacial score (nSPS) is 9.70. The fraction of sp³-hybridized carbons (Fsp3) is 0.222. The first-order chi connectivity index (χ1) is 9.83. The van der Waals surface area contributed by atoms with Crippen LogP contribution in [-0.4, -0.2) is 18.3 Å². The molecule has 0 atom stereocenters. The minimum absolute atomic E-state index is 0.0978. The van der Waals surface area contributed by atoms with Gasteiger partial charge in [0.15, 0.2) is 0 Å². The predicted octanol–water partition coefficient (Wildman–Crippen LogP) is 3.06. The topological polar surface area (TPSA) is 23.5 Å². The predicted molar refractivity (Wildman–Crippen MR) is 83.6 cm³/mol. The fourth-order valence-electron chi connectivity index (χ4n) is 2.08. The number of aliphatic hydroxyl groups excluding tert-OH is 1. The summed E-state index contributed by atoms with van der Waals surface area (Å²) in [6.07, 6.45) is 0. The van der Waals surface area contributed by atoms with Gasteiger partial charge in [-0.25, -0.2) is 0 Å². The Morgan fingerprint density at radius 3 is 2.30 bits per heavy atom. The van der Waals surface area contributed by atoms with Gasteiger partial charge in [-0.15, -0.1) is 0 Å². The molecule has 102 valence electrons. The molecule has 0 aliphatic heterocycles. The second-order valence-electron chi connectivity index (χ2n) is 4.51. The monoisotopic (exact) mass is 265 g/mol. The Bertz CT molecular complexity index is 578. The van der Waals surface area contributed by atoms with Gasteiger partial charge in [-0.05, 0) is 36.8 Å². The number of hydrogen-bond donors (Lipinski definition) is 1. The van der Waals surface area contributed by atoms with E-state index in [0.717, 1.165) is 18.7 Å². The van der Waals surface area contributed by atoms with Gasteiger partial charge >= 0.3 is 0 Å². The van der Waals surface area contributed by atoms with Crippen LogP contribution >= 0.6 is 0 Å². The van der Waals surface area contributed by atoms with Crippen molar-refractivity contribution in [2.75, 3.05) is 18.1 Å². The van der Waals surface area contributed by atoms with E-state index >= 15 is 0 Å². The Hall–Kier alpha value is -2.24. The van der Waals surface area contributed by atoms with Crippen molar-refractivity contribution in [3.05, 3.63) is 65.7 Å². The number of anilines is 1. The van der Waals surface area contributed by atoms with Crippen LogP contribution in [0.4, 0.5) is 5.69 Å². The van der Waals surface area contributed by atoms with E-state index < -0.39 is 0 Å². The van der Waals surface area contributed by atoms with E-state index in [9.17, 15) is 0 Å². The van der Waals surface area contributed by atoms with Crippen molar-refractivity contribution >= 4 is 5.69 Å².